The smallest absolute Gasteiger partial charge is 0.322 e. The lowest BCUT2D eigenvalue weighted by Crippen LogP contribution is -2.24. The summed E-state index contributed by atoms with van der Waals surface area (Å²) >= 11 is 1.79. The number of nitrogens with one attached hydrogen (secondary N) is 1. The van der Waals surface area contributed by atoms with E-state index in [9.17, 15) is 17.6 Å². The molecule has 0 saturated carbocycles. The van der Waals surface area contributed by atoms with Crippen molar-refractivity contribution in [1.29, 1.82) is 0 Å². The van der Waals surface area contributed by atoms with Gasteiger partial charge in [-0.3, -0.25) is 9.52 Å². The van der Waals surface area contributed by atoms with Gasteiger partial charge in [0, 0.05) is 3.57 Å². The Kier molecular flexibility index (Phi) is 4.69. The van der Waals surface area contributed by atoms with Gasteiger partial charge in [-0.15, -0.1) is 0 Å². The fourth-order valence-corrected chi connectivity index (χ4v) is 2.80. The van der Waals surface area contributed by atoms with Crippen molar-refractivity contribution in [1.82, 2.24) is 0 Å². The van der Waals surface area contributed by atoms with Gasteiger partial charge in [0.05, 0.1) is 12.8 Å². The van der Waals surface area contributed by atoms with Gasteiger partial charge >= 0.3 is 5.97 Å². The van der Waals surface area contributed by atoms with Crippen LogP contribution in [0.2, 0.25) is 0 Å². The lowest BCUT2D eigenvalue weighted by molar-refractivity contribution is -0.137. The second-order valence-corrected chi connectivity index (χ2v) is 5.95. The summed E-state index contributed by atoms with van der Waals surface area (Å²) < 4.78 is 42.6. The molecule has 0 spiro atoms. The number of hydrogen-bond acceptors (Lipinski definition) is 4. The SMILES string of the molecule is COC(=O)CS(=O)(=O)Nc1ccc(F)cc1I. The Morgan fingerprint density at radius 3 is 2.71 bits per heavy atom. The van der Waals surface area contributed by atoms with Crippen LogP contribution in [0.1, 0.15) is 0 Å². The molecule has 0 bridgehead atoms. The molecule has 8 heteroatoms. The summed E-state index contributed by atoms with van der Waals surface area (Å²) in [6.07, 6.45) is 0. The van der Waals surface area contributed by atoms with E-state index in [1.54, 1.807) is 22.6 Å². The number of rotatable bonds is 4. The Balaban J connectivity index is 2.87. The molecule has 0 aliphatic carbocycles. The molecular formula is C9H9FINO4S. The first-order valence-corrected chi connectivity index (χ1v) is 7.09. The number of sulfonamides is 1. The van der Waals surface area contributed by atoms with Crippen LogP contribution in [0.15, 0.2) is 18.2 Å². The Bertz CT molecular complexity index is 532. The van der Waals surface area contributed by atoms with Gasteiger partial charge < -0.3 is 4.74 Å². The summed E-state index contributed by atoms with van der Waals surface area (Å²) in [5.41, 5.74) is 0.218. The monoisotopic (exact) mass is 373 g/mol. The first-order chi connectivity index (χ1) is 7.84. The van der Waals surface area contributed by atoms with E-state index in [-0.39, 0.29) is 5.69 Å². The number of carbonyl (C=O) groups excluding carboxylic acids is 1. The van der Waals surface area contributed by atoms with Gasteiger partial charge in [0.1, 0.15) is 5.82 Å². The molecule has 0 saturated heterocycles. The molecule has 17 heavy (non-hydrogen) atoms. The van der Waals surface area contributed by atoms with Crippen LogP contribution < -0.4 is 4.72 Å². The van der Waals surface area contributed by atoms with Gasteiger partial charge in [-0.2, -0.15) is 0 Å². The summed E-state index contributed by atoms with van der Waals surface area (Å²) in [6, 6.07) is 3.58. The van der Waals surface area contributed by atoms with E-state index in [4.69, 9.17) is 0 Å². The van der Waals surface area contributed by atoms with Crippen molar-refractivity contribution < 1.29 is 22.3 Å². The molecular weight excluding hydrogens is 364 g/mol. The number of benzene rings is 1. The third-order valence-corrected chi connectivity index (χ3v) is 3.77. The quantitative estimate of drug-likeness (QED) is 0.639. The molecule has 0 fully saturated rings. The van der Waals surface area contributed by atoms with E-state index in [0.29, 0.717) is 3.57 Å². The molecule has 1 aromatic carbocycles. The van der Waals surface area contributed by atoms with Crippen molar-refractivity contribution in [2.45, 2.75) is 0 Å². The van der Waals surface area contributed by atoms with Crippen LogP contribution in [0.3, 0.4) is 0 Å². The number of halogens is 2. The molecule has 0 aliphatic rings. The van der Waals surface area contributed by atoms with Gasteiger partial charge in [0.25, 0.3) is 0 Å². The zero-order valence-electron chi connectivity index (χ0n) is 8.74. The second-order valence-electron chi connectivity index (χ2n) is 3.06. The maximum atomic E-state index is 12.8. The molecule has 0 aliphatic heterocycles. The van der Waals surface area contributed by atoms with Crippen LogP contribution in [-0.4, -0.2) is 27.2 Å². The molecule has 0 amide bonds. The maximum absolute atomic E-state index is 12.8. The molecule has 0 unspecified atom stereocenters. The van der Waals surface area contributed by atoms with Crippen LogP contribution in [-0.2, 0) is 19.6 Å². The van der Waals surface area contributed by atoms with E-state index in [1.807, 2.05) is 0 Å². The topological polar surface area (TPSA) is 72.5 Å². The summed E-state index contributed by atoms with van der Waals surface area (Å²) in [4.78, 5) is 10.9. The molecule has 5 nitrogen and oxygen atoms in total. The average Bonchev–Trinajstić information content (AvgIpc) is 2.21. The standard InChI is InChI=1S/C9H9FINO4S/c1-16-9(13)5-17(14,15)12-8-3-2-6(10)4-7(8)11/h2-4,12H,5H2,1H3. The predicted octanol–water partition coefficient (Wildman–Crippen LogP) is 1.34. The maximum Gasteiger partial charge on any atom is 0.322 e. The van der Waals surface area contributed by atoms with Crippen molar-refractivity contribution in [3.05, 3.63) is 27.6 Å². The van der Waals surface area contributed by atoms with E-state index < -0.39 is 27.6 Å². The molecule has 0 radical (unpaired) electrons. The van der Waals surface area contributed by atoms with Gasteiger partial charge in [0.2, 0.25) is 10.0 Å². The van der Waals surface area contributed by atoms with Crippen LogP contribution in [0.25, 0.3) is 0 Å². The summed E-state index contributed by atoms with van der Waals surface area (Å²) in [5.74, 6) is -2.11. The largest absolute Gasteiger partial charge is 0.468 e. The zero-order valence-corrected chi connectivity index (χ0v) is 11.7. The first-order valence-electron chi connectivity index (χ1n) is 4.36. The second kappa shape index (κ2) is 5.63. The molecule has 0 atom stereocenters. The number of methoxy groups -OCH3 is 1. The third kappa shape index (κ3) is 4.46. The number of esters is 1. The lowest BCUT2D eigenvalue weighted by atomic mass is 10.3. The molecule has 1 aromatic rings. The molecule has 94 valence electrons. The van der Waals surface area contributed by atoms with E-state index in [2.05, 4.69) is 9.46 Å². The molecule has 1 N–H and O–H groups in total. The number of anilines is 1. The Labute approximate surface area is 112 Å². The normalized spacial score (nSPS) is 11.0. The van der Waals surface area contributed by atoms with Crippen molar-refractivity contribution >= 4 is 44.3 Å². The van der Waals surface area contributed by atoms with Crippen molar-refractivity contribution in [3.8, 4) is 0 Å². The molecule has 1 rings (SSSR count). The van der Waals surface area contributed by atoms with E-state index >= 15 is 0 Å². The first kappa shape index (κ1) is 14.2. The average molecular weight is 373 g/mol. The van der Waals surface area contributed by atoms with Gasteiger partial charge in [-0.05, 0) is 40.8 Å². The minimum Gasteiger partial charge on any atom is -0.468 e. The lowest BCUT2D eigenvalue weighted by Gasteiger charge is -2.08. The van der Waals surface area contributed by atoms with Gasteiger partial charge in [0.15, 0.2) is 5.75 Å². The highest BCUT2D eigenvalue weighted by Crippen LogP contribution is 2.20. The summed E-state index contributed by atoms with van der Waals surface area (Å²) in [7, 11) is -2.74. The van der Waals surface area contributed by atoms with Crippen LogP contribution in [0.5, 0.6) is 0 Å². The minimum atomic E-state index is -3.83. The predicted molar refractivity (Wildman–Crippen MR) is 68.5 cm³/mol. The number of ether oxygens (including phenoxy) is 1. The highest BCUT2D eigenvalue weighted by molar-refractivity contribution is 14.1. The highest BCUT2D eigenvalue weighted by Gasteiger charge is 2.18. The van der Waals surface area contributed by atoms with Crippen LogP contribution in [0.4, 0.5) is 10.1 Å². The van der Waals surface area contributed by atoms with Crippen molar-refractivity contribution in [2.75, 3.05) is 17.6 Å². The summed E-state index contributed by atoms with van der Waals surface area (Å²) in [5, 5.41) is 0. The van der Waals surface area contributed by atoms with Crippen LogP contribution in [0, 0.1) is 9.39 Å². The van der Waals surface area contributed by atoms with Crippen molar-refractivity contribution in [3.63, 3.8) is 0 Å². The van der Waals surface area contributed by atoms with Gasteiger partial charge in [-0.1, -0.05) is 0 Å². The Hall–Kier alpha value is -0.900. The van der Waals surface area contributed by atoms with Crippen molar-refractivity contribution in [2.24, 2.45) is 0 Å². The summed E-state index contributed by atoms with van der Waals surface area (Å²) in [6.45, 7) is 0. The molecule has 0 heterocycles. The highest BCUT2D eigenvalue weighted by atomic mass is 127. The molecule has 0 aromatic heterocycles. The third-order valence-electron chi connectivity index (χ3n) is 1.73. The van der Waals surface area contributed by atoms with Crippen LogP contribution >= 0.6 is 22.6 Å². The fourth-order valence-electron chi connectivity index (χ4n) is 0.990. The van der Waals surface area contributed by atoms with Gasteiger partial charge in [-0.25, -0.2) is 12.8 Å². The van der Waals surface area contributed by atoms with E-state index in [0.717, 1.165) is 13.2 Å². The zero-order chi connectivity index (χ0) is 13.1. The Morgan fingerprint density at radius 2 is 2.18 bits per heavy atom. The number of carbonyl (C=O) groups is 1. The van der Waals surface area contributed by atoms with E-state index in [1.165, 1.54) is 12.1 Å². The number of hydrogen-bond donors (Lipinski definition) is 1. The Morgan fingerprint density at radius 1 is 1.53 bits per heavy atom. The minimum absolute atomic E-state index is 0.218. The fraction of sp³-hybridized carbons (Fsp3) is 0.222.